The quantitative estimate of drug-likeness (QED) is 0.485. The van der Waals surface area contributed by atoms with Crippen LogP contribution >= 0.6 is 7.92 Å². The van der Waals surface area contributed by atoms with E-state index in [1.54, 1.807) is 0 Å². The number of rotatable bonds is 6. The number of para-hydroxylation sites is 1. The molecule has 0 unspecified atom stereocenters. The highest BCUT2D eigenvalue weighted by Gasteiger charge is 2.20. The second-order valence-corrected chi connectivity index (χ2v) is 10.4. The number of benzene rings is 3. The van der Waals surface area contributed by atoms with E-state index in [0.717, 1.165) is 0 Å². The van der Waals surface area contributed by atoms with E-state index in [1.165, 1.54) is 32.7 Å². The van der Waals surface area contributed by atoms with Crippen molar-refractivity contribution in [3.8, 4) is 0 Å². The third-order valence-corrected chi connectivity index (χ3v) is 7.73. The van der Waals surface area contributed by atoms with E-state index in [-0.39, 0.29) is 0 Å². The second kappa shape index (κ2) is 8.93. The summed E-state index contributed by atoms with van der Waals surface area (Å²) >= 11 is 0. The normalized spacial score (nSPS) is 11.5. The molecule has 0 aromatic heterocycles. The molecule has 0 spiro atoms. The maximum absolute atomic E-state index is 2.34. The summed E-state index contributed by atoms with van der Waals surface area (Å²) in [7, 11) is 3.67. The minimum absolute atomic E-state index is 0.555. The van der Waals surface area contributed by atoms with Gasteiger partial charge in [0.2, 0.25) is 0 Å². The number of hydrogen-bond acceptors (Lipinski definition) is 1. The van der Waals surface area contributed by atoms with Crippen LogP contribution in [0.15, 0.2) is 72.8 Å². The number of nitrogens with zero attached hydrogens (tertiary/aromatic N) is 1. The zero-order chi connectivity index (χ0) is 20.3. The van der Waals surface area contributed by atoms with Crippen LogP contribution in [0.3, 0.4) is 0 Å². The predicted octanol–water partition coefficient (Wildman–Crippen LogP) is 5.76. The van der Waals surface area contributed by atoms with Gasteiger partial charge in [-0.3, -0.25) is 0 Å². The minimum Gasteiger partial charge on any atom is -0.377 e. The molecule has 3 aromatic carbocycles. The summed E-state index contributed by atoms with van der Waals surface area (Å²) < 4.78 is 0. The zero-order valence-corrected chi connectivity index (χ0v) is 18.9. The monoisotopic (exact) mass is 389 g/mol. The summed E-state index contributed by atoms with van der Waals surface area (Å²) in [6, 6.07) is 27.4. The van der Waals surface area contributed by atoms with E-state index in [2.05, 4.69) is 119 Å². The smallest absolute Gasteiger partial charge is 0.0445 e. The van der Waals surface area contributed by atoms with Crippen LogP contribution in [-0.2, 0) is 0 Å². The first-order chi connectivity index (χ1) is 13.4. The fourth-order valence-electron chi connectivity index (χ4n) is 3.48. The Bertz CT molecular complexity index is 841. The summed E-state index contributed by atoms with van der Waals surface area (Å²) in [5, 5.41) is 4.23. The topological polar surface area (TPSA) is 3.24 Å². The van der Waals surface area contributed by atoms with E-state index >= 15 is 0 Å². The molecule has 1 nitrogen and oxygen atoms in total. The lowest BCUT2D eigenvalue weighted by Crippen LogP contribution is -2.26. The molecule has 0 atom stereocenters. The highest BCUT2D eigenvalue weighted by molar-refractivity contribution is 7.80. The van der Waals surface area contributed by atoms with Gasteiger partial charge in [0.05, 0.1) is 0 Å². The molecule has 0 aliphatic heterocycles. The van der Waals surface area contributed by atoms with Crippen LogP contribution in [0.4, 0.5) is 5.69 Å². The SMILES string of the molecule is CC(C)c1ccc(P(c2ccc(C(C)C)cc2)c2ccccc2N(C)C)cc1. The molecular formula is C26H32NP. The molecule has 0 heterocycles. The molecular weight excluding hydrogens is 357 g/mol. The fraction of sp³-hybridized carbons (Fsp3) is 0.308. The van der Waals surface area contributed by atoms with Crippen LogP contribution in [0.1, 0.15) is 50.7 Å². The lowest BCUT2D eigenvalue weighted by Gasteiger charge is -2.26. The number of hydrogen-bond donors (Lipinski definition) is 0. The Morgan fingerprint density at radius 1 is 0.607 bits per heavy atom. The molecule has 3 aromatic rings. The molecule has 0 fully saturated rings. The molecule has 0 N–H and O–H groups in total. The van der Waals surface area contributed by atoms with Crippen LogP contribution in [-0.4, -0.2) is 14.1 Å². The van der Waals surface area contributed by atoms with Crippen LogP contribution in [0.2, 0.25) is 0 Å². The molecule has 146 valence electrons. The summed E-state index contributed by atoms with van der Waals surface area (Å²) in [5.74, 6) is 1.11. The Hall–Kier alpha value is -2.11. The summed E-state index contributed by atoms with van der Waals surface area (Å²) in [6.45, 7) is 9.02. The van der Waals surface area contributed by atoms with Crippen molar-refractivity contribution >= 4 is 29.5 Å². The fourth-order valence-corrected chi connectivity index (χ4v) is 5.96. The van der Waals surface area contributed by atoms with Gasteiger partial charge in [-0.05, 0) is 47.6 Å². The molecule has 0 saturated heterocycles. The Balaban J connectivity index is 2.14. The molecule has 0 radical (unpaired) electrons. The van der Waals surface area contributed by atoms with Crippen molar-refractivity contribution in [2.75, 3.05) is 19.0 Å². The molecule has 0 saturated carbocycles. The van der Waals surface area contributed by atoms with Gasteiger partial charge < -0.3 is 4.90 Å². The van der Waals surface area contributed by atoms with Crippen LogP contribution in [0.5, 0.6) is 0 Å². The van der Waals surface area contributed by atoms with Gasteiger partial charge in [0.15, 0.2) is 0 Å². The molecule has 3 rings (SSSR count). The first-order valence-corrected chi connectivity index (χ1v) is 11.5. The molecule has 2 heteroatoms. The van der Waals surface area contributed by atoms with Gasteiger partial charge >= 0.3 is 0 Å². The molecule has 0 aliphatic rings. The lowest BCUT2D eigenvalue weighted by molar-refractivity contribution is 0.867. The zero-order valence-electron chi connectivity index (χ0n) is 18.0. The standard InChI is InChI=1S/C26H32NP/c1-19(2)21-11-15-23(16-12-21)28(24-17-13-22(14-18-24)20(3)4)26-10-8-7-9-25(26)27(5)6/h7-20H,1-6H3. The Kier molecular flexibility index (Phi) is 6.57. The van der Waals surface area contributed by atoms with Crippen molar-refractivity contribution in [2.24, 2.45) is 0 Å². The van der Waals surface area contributed by atoms with Crippen molar-refractivity contribution in [2.45, 2.75) is 39.5 Å². The highest BCUT2D eigenvalue weighted by atomic mass is 31.1. The molecule has 0 aliphatic carbocycles. The lowest BCUT2D eigenvalue weighted by atomic mass is 10.0. The van der Waals surface area contributed by atoms with Crippen LogP contribution < -0.4 is 20.8 Å². The maximum atomic E-state index is 2.34. The average molecular weight is 390 g/mol. The van der Waals surface area contributed by atoms with E-state index in [9.17, 15) is 0 Å². The molecule has 0 bridgehead atoms. The summed E-state index contributed by atoms with van der Waals surface area (Å²) in [5.41, 5.74) is 4.10. The molecule has 0 amide bonds. The second-order valence-electron chi connectivity index (χ2n) is 8.21. The van der Waals surface area contributed by atoms with E-state index < -0.39 is 7.92 Å². The van der Waals surface area contributed by atoms with E-state index in [0.29, 0.717) is 11.8 Å². The minimum atomic E-state index is -0.604. The van der Waals surface area contributed by atoms with Crippen LogP contribution in [0, 0.1) is 0 Å². The van der Waals surface area contributed by atoms with Crippen molar-refractivity contribution in [1.29, 1.82) is 0 Å². The van der Waals surface area contributed by atoms with Gasteiger partial charge in [0.1, 0.15) is 0 Å². The van der Waals surface area contributed by atoms with Crippen LogP contribution in [0.25, 0.3) is 0 Å². The van der Waals surface area contributed by atoms with Gasteiger partial charge in [-0.1, -0.05) is 94.4 Å². The third-order valence-electron chi connectivity index (χ3n) is 5.24. The van der Waals surface area contributed by atoms with Gasteiger partial charge in [0.25, 0.3) is 0 Å². The molecule has 28 heavy (non-hydrogen) atoms. The Morgan fingerprint density at radius 3 is 1.43 bits per heavy atom. The van der Waals surface area contributed by atoms with Crippen molar-refractivity contribution in [3.05, 3.63) is 83.9 Å². The summed E-state index contributed by atoms with van der Waals surface area (Å²) in [6.07, 6.45) is 0. The van der Waals surface area contributed by atoms with Gasteiger partial charge in [0, 0.05) is 25.1 Å². The average Bonchev–Trinajstić information content (AvgIpc) is 2.69. The predicted molar refractivity (Wildman–Crippen MR) is 128 cm³/mol. The van der Waals surface area contributed by atoms with Crippen molar-refractivity contribution in [1.82, 2.24) is 0 Å². The van der Waals surface area contributed by atoms with Crippen molar-refractivity contribution < 1.29 is 0 Å². The van der Waals surface area contributed by atoms with E-state index in [4.69, 9.17) is 0 Å². The van der Waals surface area contributed by atoms with Crippen molar-refractivity contribution in [3.63, 3.8) is 0 Å². The Morgan fingerprint density at radius 2 is 1.04 bits per heavy atom. The van der Waals surface area contributed by atoms with Gasteiger partial charge in [-0.15, -0.1) is 0 Å². The first kappa shape index (κ1) is 20.6. The maximum Gasteiger partial charge on any atom is 0.0445 e. The van der Waals surface area contributed by atoms with Gasteiger partial charge in [-0.25, -0.2) is 0 Å². The van der Waals surface area contributed by atoms with E-state index in [1.807, 2.05) is 0 Å². The first-order valence-electron chi connectivity index (χ1n) is 10.1. The third kappa shape index (κ3) is 4.47. The highest BCUT2D eigenvalue weighted by Crippen LogP contribution is 2.37. The number of anilines is 1. The summed E-state index contributed by atoms with van der Waals surface area (Å²) in [4.78, 5) is 2.23. The van der Waals surface area contributed by atoms with Gasteiger partial charge in [-0.2, -0.15) is 0 Å². The largest absolute Gasteiger partial charge is 0.377 e. The Labute approximate surface area is 172 Å².